The molecule has 0 aliphatic rings. The van der Waals surface area contributed by atoms with Crippen LogP contribution in [0.25, 0.3) is 0 Å². The molecule has 1 rings (SSSR count). The molecule has 2 N–H and O–H groups in total. The Balaban J connectivity index is 2.28. The number of aryl methyl sites for hydroxylation is 1. The largest absolute Gasteiger partial charge is 0.444 e. The first-order valence-corrected chi connectivity index (χ1v) is 7.70. The normalized spacial score (nSPS) is 13.1. The Morgan fingerprint density at radius 1 is 1.27 bits per heavy atom. The van der Waals surface area contributed by atoms with Crippen LogP contribution in [0.5, 0.6) is 0 Å². The van der Waals surface area contributed by atoms with Crippen LogP contribution in [0.4, 0.5) is 4.79 Å². The maximum atomic E-state index is 11.6. The Bertz CT molecular complexity index is 463. The van der Waals surface area contributed by atoms with Crippen LogP contribution < -0.4 is 5.32 Å². The number of carbonyl (C=O) groups is 1. The summed E-state index contributed by atoms with van der Waals surface area (Å²) in [6.45, 7) is 5.32. The van der Waals surface area contributed by atoms with Gasteiger partial charge in [0.1, 0.15) is 5.60 Å². The predicted molar refractivity (Wildman–Crippen MR) is 88.8 cm³/mol. The molecule has 0 aliphatic carbocycles. The van der Waals surface area contributed by atoms with Crippen LogP contribution in [0.3, 0.4) is 0 Å². The van der Waals surface area contributed by atoms with Crippen molar-refractivity contribution in [2.75, 3.05) is 6.61 Å². The molecular formula is C18H27NO3. The molecule has 4 nitrogen and oxygen atoms in total. The van der Waals surface area contributed by atoms with Crippen LogP contribution in [0, 0.1) is 0 Å². The lowest BCUT2D eigenvalue weighted by Crippen LogP contribution is -2.40. The van der Waals surface area contributed by atoms with E-state index in [9.17, 15) is 9.90 Å². The second-order valence-corrected chi connectivity index (χ2v) is 6.26. The van der Waals surface area contributed by atoms with Gasteiger partial charge in [-0.25, -0.2) is 4.79 Å². The van der Waals surface area contributed by atoms with Crippen molar-refractivity contribution in [3.8, 4) is 0 Å². The molecule has 0 saturated heterocycles. The van der Waals surface area contributed by atoms with Gasteiger partial charge in [-0.15, -0.1) is 0 Å². The number of allylic oxidation sites excluding steroid dienone is 1. The first-order valence-electron chi connectivity index (χ1n) is 7.70. The van der Waals surface area contributed by atoms with Gasteiger partial charge in [0.2, 0.25) is 0 Å². The first kappa shape index (κ1) is 18.2. The summed E-state index contributed by atoms with van der Waals surface area (Å²) in [6, 6.07) is 9.97. The fourth-order valence-electron chi connectivity index (χ4n) is 1.93. The number of aliphatic hydroxyl groups is 1. The molecule has 0 radical (unpaired) electrons. The van der Waals surface area contributed by atoms with Gasteiger partial charge in [-0.05, 0) is 45.6 Å². The van der Waals surface area contributed by atoms with E-state index in [4.69, 9.17) is 4.74 Å². The maximum Gasteiger partial charge on any atom is 0.407 e. The third-order valence-corrected chi connectivity index (χ3v) is 2.97. The summed E-state index contributed by atoms with van der Waals surface area (Å²) in [5, 5.41) is 12.0. The summed E-state index contributed by atoms with van der Waals surface area (Å²) < 4.78 is 5.17. The minimum atomic E-state index is -0.532. The van der Waals surface area contributed by atoms with Gasteiger partial charge in [0.15, 0.2) is 0 Å². The number of hydrogen-bond donors (Lipinski definition) is 2. The third-order valence-electron chi connectivity index (χ3n) is 2.97. The fourth-order valence-corrected chi connectivity index (χ4v) is 1.93. The molecule has 1 amide bonds. The number of ether oxygens (including phenoxy) is 1. The van der Waals surface area contributed by atoms with E-state index in [0.29, 0.717) is 6.42 Å². The number of nitrogens with one attached hydrogen (secondary N) is 1. The molecule has 1 aromatic rings. The van der Waals surface area contributed by atoms with E-state index in [1.807, 2.05) is 45.0 Å². The van der Waals surface area contributed by atoms with Crippen molar-refractivity contribution < 1.29 is 14.6 Å². The molecule has 122 valence electrons. The Morgan fingerprint density at radius 2 is 1.95 bits per heavy atom. The lowest BCUT2D eigenvalue weighted by Gasteiger charge is -2.22. The Kier molecular flexibility index (Phi) is 7.67. The number of hydrogen-bond acceptors (Lipinski definition) is 3. The average Bonchev–Trinajstić information content (AvgIpc) is 2.44. The highest BCUT2D eigenvalue weighted by molar-refractivity contribution is 5.68. The molecule has 0 heterocycles. The number of rotatable bonds is 7. The molecule has 22 heavy (non-hydrogen) atoms. The van der Waals surface area contributed by atoms with Crippen LogP contribution in [0.15, 0.2) is 42.5 Å². The van der Waals surface area contributed by atoms with Crippen molar-refractivity contribution in [2.24, 2.45) is 0 Å². The van der Waals surface area contributed by atoms with Gasteiger partial charge in [0.25, 0.3) is 0 Å². The van der Waals surface area contributed by atoms with Crippen molar-refractivity contribution in [1.29, 1.82) is 0 Å². The standard InChI is InChI=1S/C18H27NO3/c1-18(2,3)22-17(21)19-16(14-20)13-9-5-8-12-15-10-6-4-7-11-15/h4-7,9-11,16,20H,8,12-14H2,1-3H3,(H,19,21)/b9-5+/t16-/m0/s1. The molecule has 0 spiro atoms. The van der Waals surface area contributed by atoms with E-state index in [2.05, 4.69) is 23.5 Å². The van der Waals surface area contributed by atoms with Crippen LogP contribution in [0.1, 0.15) is 39.2 Å². The van der Waals surface area contributed by atoms with Gasteiger partial charge in [-0.3, -0.25) is 0 Å². The predicted octanol–water partition coefficient (Wildman–Crippen LogP) is 3.45. The number of aliphatic hydroxyl groups excluding tert-OH is 1. The summed E-state index contributed by atoms with van der Waals surface area (Å²) in [7, 11) is 0. The molecule has 1 aromatic carbocycles. The van der Waals surface area contributed by atoms with Crippen LogP contribution in [-0.2, 0) is 11.2 Å². The Labute approximate surface area is 133 Å². The van der Waals surface area contributed by atoms with Crippen LogP contribution in [-0.4, -0.2) is 29.4 Å². The van der Waals surface area contributed by atoms with E-state index in [1.54, 1.807) is 0 Å². The zero-order valence-corrected chi connectivity index (χ0v) is 13.7. The SMILES string of the molecule is CC(C)(C)OC(=O)N[C@H](CO)C/C=C/CCc1ccccc1. The maximum absolute atomic E-state index is 11.6. The molecular weight excluding hydrogens is 278 g/mol. The Hall–Kier alpha value is -1.81. The number of benzene rings is 1. The van der Waals surface area contributed by atoms with Crippen LogP contribution in [0.2, 0.25) is 0 Å². The van der Waals surface area contributed by atoms with Gasteiger partial charge in [0, 0.05) is 0 Å². The third kappa shape index (κ3) is 8.47. The summed E-state index contributed by atoms with van der Waals surface area (Å²) in [5.74, 6) is 0. The highest BCUT2D eigenvalue weighted by Crippen LogP contribution is 2.07. The number of alkyl carbamates (subject to hydrolysis) is 1. The zero-order valence-electron chi connectivity index (χ0n) is 13.7. The monoisotopic (exact) mass is 305 g/mol. The molecule has 0 unspecified atom stereocenters. The fraction of sp³-hybridized carbons (Fsp3) is 0.500. The molecule has 0 aliphatic heterocycles. The highest BCUT2D eigenvalue weighted by Gasteiger charge is 2.18. The summed E-state index contributed by atoms with van der Waals surface area (Å²) in [6.07, 6.45) is 6.08. The van der Waals surface area contributed by atoms with Crippen molar-refractivity contribution in [3.63, 3.8) is 0 Å². The van der Waals surface area contributed by atoms with Gasteiger partial charge >= 0.3 is 6.09 Å². The first-order chi connectivity index (χ1) is 10.4. The molecule has 0 bridgehead atoms. The van der Waals surface area contributed by atoms with Crippen molar-refractivity contribution >= 4 is 6.09 Å². The van der Waals surface area contributed by atoms with Gasteiger partial charge in [-0.1, -0.05) is 42.5 Å². The summed E-state index contributed by atoms with van der Waals surface area (Å²) in [5.41, 5.74) is 0.771. The van der Waals surface area contributed by atoms with Crippen molar-refractivity contribution in [2.45, 2.75) is 51.7 Å². The van der Waals surface area contributed by atoms with E-state index >= 15 is 0 Å². The topological polar surface area (TPSA) is 58.6 Å². The zero-order chi connectivity index (χ0) is 16.4. The van der Waals surface area contributed by atoms with E-state index in [-0.39, 0.29) is 12.6 Å². The highest BCUT2D eigenvalue weighted by atomic mass is 16.6. The molecule has 1 atom stereocenters. The van der Waals surface area contributed by atoms with E-state index in [0.717, 1.165) is 12.8 Å². The summed E-state index contributed by atoms with van der Waals surface area (Å²) >= 11 is 0. The van der Waals surface area contributed by atoms with Gasteiger partial charge in [0.05, 0.1) is 12.6 Å². The quantitative estimate of drug-likeness (QED) is 0.759. The lowest BCUT2D eigenvalue weighted by atomic mass is 10.1. The smallest absolute Gasteiger partial charge is 0.407 e. The molecule has 0 saturated carbocycles. The van der Waals surface area contributed by atoms with E-state index in [1.165, 1.54) is 5.56 Å². The number of carbonyl (C=O) groups excluding carboxylic acids is 1. The molecule has 0 aromatic heterocycles. The molecule has 4 heteroatoms. The van der Waals surface area contributed by atoms with Crippen molar-refractivity contribution in [3.05, 3.63) is 48.0 Å². The summed E-state index contributed by atoms with van der Waals surface area (Å²) in [4.78, 5) is 11.6. The van der Waals surface area contributed by atoms with E-state index < -0.39 is 11.7 Å². The second kappa shape index (κ2) is 9.26. The van der Waals surface area contributed by atoms with Gasteiger partial charge in [-0.2, -0.15) is 0 Å². The minimum Gasteiger partial charge on any atom is -0.444 e. The second-order valence-electron chi connectivity index (χ2n) is 6.26. The lowest BCUT2D eigenvalue weighted by molar-refractivity contribution is 0.0483. The minimum absolute atomic E-state index is 0.109. The van der Waals surface area contributed by atoms with Crippen LogP contribution >= 0.6 is 0 Å². The Morgan fingerprint density at radius 3 is 2.55 bits per heavy atom. The van der Waals surface area contributed by atoms with Gasteiger partial charge < -0.3 is 15.2 Å². The molecule has 0 fully saturated rings. The van der Waals surface area contributed by atoms with Crippen molar-refractivity contribution in [1.82, 2.24) is 5.32 Å². The average molecular weight is 305 g/mol. The number of amides is 1.